The monoisotopic (exact) mass is 476 g/mol. The largest absolute Gasteiger partial charge is 0.481 e. The van der Waals surface area contributed by atoms with E-state index in [0.29, 0.717) is 5.56 Å². The summed E-state index contributed by atoms with van der Waals surface area (Å²) in [5, 5.41) is 16.3. The van der Waals surface area contributed by atoms with Gasteiger partial charge in [0.25, 0.3) is 0 Å². The lowest BCUT2D eigenvalue weighted by Crippen LogP contribution is -2.03. The molecule has 0 saturated carbocycles. The molecule has 3 rings (SSSR count). The number of hydrogen-bond donors (Lipinski definition) is 2. The Hall–Kier alpha value is -3.73. The van der Waals surface area contributed by atoms with Crippen molar-refractivity contribution in [3.8, 4) is 11.1 Å². The fourth-order valence-electron chi connectivity index (χ4n) is 3.26. The van der Waals surface area contributed by atoms with Gasteiger partial charge in [0.2, 0.25) is 0 Å². The maximum absolute atomic E-state index is 11.7. The highest BCUT2D eigenvalue weighted by Gasteiger charge is 2.08. The van der Waals surface area contributed by atoms with E-state index in [4.69, 9.17) is 10.2 Å². The first-order chi connectivity index (χ1) is 16.5. The van der Waals surface area contributed by atoms with E-state index >= 15 is 0 Å². The first-order valence-electron chi connectivity index (χ1n) is 11.6. The van der Waals surface area contributed by atoms with Gasteiger partial charge in [0.15, 0.2) is 5.78 Å². The fraction of sp³-hybridized carbons (Fsp3) is 0.300. The third-order valence-electron chi connectivity index (χ3n) is 5.92. The zero-order valence-corrected chi connectivity index (χ0v) is 21.5. The number of aliphatic carboxylic acids is 2. The van der Waals surface area contributed by atoms with Crippen LogP contribution in [0.1, 0.15) is 64.4 Å². The Labute approximate surface area is 208 Å². The maximum atomic E-state index is 11.7. The number of aryl methyl sites for hydroxylation is 2. The van der Waals surface area contributed by atoms with E-state index in [9.17, 15) is 14.4 Å². The molecular weight excluding hydrogens is 440 g/mol. The molecule has 0 aliphatic heterocycles. The zero-order valence-electron chi connectivity index (χ0n) is 21.5. The predicted molar refractivity (Wildman–Crippen MR) is 141 cm³/mol. The Morgan fingerprint density at radius 2 is 1.09 bits per heavy atom. The van der Waals surface area contributed by atoms with Gasteiger partial charge in [-0.15, -0.1) is 0 Å². The summed E-state index contributed by atoms with van der Waals surface area (Å²) in [6.45, 7) is 12.5. The highest BCUT2D eigenvalue weighted by molar-refractivity contribution is 5.97. The summed E-state index contributed by atoms with van der Waals surface area (Å²) in [5.74, 6) is -1.83. The van der Waals surface area contributed by atoms with Crippen molar-refractivity contribution in [3.05, 3.63) is 94.0 Å². The fourth-order valence-corrected chi connectivity index (χ4v) is 3.26. The molecule has 3 aromatic carbocycles. The smallest absolute Gasteiger partial charge is 0.303 e. The van der Waals surface area contributed by atoms with Crippen molar-refractivity contribution in [1.82, 2.24) is 0 Å². The van der Waals surface area contributed by atoms with E-state index in [2.05, 4.69) is 40.7 Å². The Bertz CT molecular complexity index is 1100. The number of hydrogen-bond acceptors (Lipinski definition) is 3. The molecule has 186 valence electrons. The normalized spacial score (nSPS) is 9.77. The summed E-state index contributed by atoms with van der Waals surface area (Å²) in [7, 11) is 0. The van der Waals surface area contributed by atoms with Gasteiger partial charge in [-0.1, -0.05) is 67.6 Å². The third-order valence-corrected chi connectivity index (χ3v) is 5.92. The molecule has 0 unspecified atom stereocenters. The Balaban J connectivity index is 0.000000322. The SMILES string of the molecule is CCC(=O)O.Cc1cc(C)c(C)c(C)c1C.O=C(O)CCC(=O)c1ccc(-c2ccccc2)cc1. The molecule has 0 heterocycles. The third kappa shape index (κ3) is 9.97. The molecule has 35 heavy (non-hydrogen) atoms. The van der Waals surface area contributed by atoms with Crippen LogP contribution in [0, 0.1) is 34.6 Å². The number of carbonyl (C=O) groups is 3. The van der Waals surface area contributed by atoms with Gasteiger partial charge in [0.1, 0.15) is 0 Å². The number of rotatable bonds is 6. The van der Waals surface area contributed by atoms with Gasteiger partial charge in [-0.05, 0) is 73.6 Å². The number of ketones is 1. The first kappa shape index (κ1) is 29.3. The number of carbonyl (C=O) groups excluding carboxylic acids is 1. The molecule has 0 saturated heterocycles. The molecule has 0 bridgehead atoms. The van der Waals surface area contributed by atoms with Crippen LogP contribution in [0.5, 0.6) is 0 Å². The summed E-state index contributed by atoms with van der Waals surface area (Å²) in [6, 6.07) is 19.4. The summed E-state index contributed by atoms with van der Waals surface area (Å²) in [5.41, 5.74) is 9.82. The topological polar surface area (TPSA) is 91.7 Å². The van der Waals surface area contributed by atoms with Gasteiger partial charge in [0.05, 0.1) is 6.42 Å². The van der Waals surface area contributed by atoms with Crippen molar-refractivity contribution in [3.63, 3.8) is 0 Å². The first-order valence-corrected chi connectivity index (χ1v) is 11.6. The van der Waals surface area contributed by atoms with Gasteiger partial charge in [-0.25, -0.2) is 0 Å². The number of benzene rings is 3. The van der Waals surface area contributed by atoms with Crippen molar-refractivity contribution in [1.29, 1.82) is 0 Å². The minimum atomic E-state index is -0.950. The molecule has 0 aliphatic rings. The molecule has 5 nitrogen and oxygen atoms in total. The molecule has 0 aromatic heterocycles. The summed E-state index contributed by atoms with van der Waals surface area (Å²) >= 11 is 0. The molecule has 0 fully saturated rings. The van der Waals surface area contributed by atoms with Crippen LogP contribution in [0.25, 0.3) is 11.1 Å². The standard InChI is InChI=1S/C16H14O3.C11H16.C3H6O2/c17-15(10-11-16(18)19)14-8-6-13(7-9-14)12-4-2-1-3-5-12;1-7-6-8(2)10(4)11(5)9(7)3;1-2-3(4)5/h1-9H,10-11H2,(H,18,19);6H,1-5H3;2H2,1H3,(H,4,5). The minimum Gasteiger partial charge on any atom is -0.481 e. The van der Waals surface area contributed by atoms with Crippen LogP contribution in [0.4, 0.5) is 0 Å². The highest BCUT2D eigenvalue weighted by Crippen LogP contribution is 2.20. The molecule has 0 amide bonds. The van der Waals surface area contributed by atoms with Gasteiger partial charge in [-0.2, -0.15) is 0 Å². The molecule has 0 aliphatic carbocycles. The number of carboxylic acid groups (broad SMARTS) is 2. The predicted octanol–water partition coefficient (Wildman–Crippen LogP) is 7.11. The Kier molecular flexibility index (Phi) is 12.2. The van der Waals surface area contributed by atoms with E-state index in [1.54, 1.807) is 19.1 Å². The zero-order chi connectivity index (χ0) is 26.5. The average Bonchev–Trinajstić information content (AvgIpc) is 2.86. The van der Waals surface area contributed by atoms with E-state index in [1.807, 2.05) is 42.5 Å². The molecule has 0 spiro atoms. The Morgan fingerprint density at radius 3 is 1.51 bits per heavy atom. The second-order valence-electron chi connectivity index (χ2n) is 8.39. The maximum Gasteiger partial charge on any atom is 0.303 e. The van der Waals surface area contributed by atoms with Crippen molar-refractivity contribution >= 4 is 17.7 Å². The lowest BCUT2D eigenvalue weighted by atomic mass is 9.96. The van der Waals surface area contributed by atoms with Crippen LogP contribution in [-0.4, -0.2) is 27.9 Å². The van der Waals surface area contributed by atoms with E-state index in [-0.39, 0.29) is 25.0 Å². The second-order valence-corrected chi connectivity index (χ2v) is 8.39. The molecular formula is C30H36O5. The van der Waals surface area contributed by atoms with Gasteiger partial charge >= 0.3 is 11.9 Å². The van der Waals surface area contributed by atoms with Crippen LogP contribution >= 0.6 is 0 Å². The van der Waals surface area contributed by atoms with Gasteiger partial charge in [-0.3, -0.25) is 14.4 Å². The van der Waals surface area contributed by atoms with E-state index in [0.717, 1.165) is 11.1 Å². The van der Waals surface area contributed by atoms with Crippen LogP contribution < -0.4 is 0 Å². The second kappa shape index (κ2) is 14.5. The number of Topliss-reactive ketones (excluding diaryl/α,β-unsaturated/α-hetero) is 1. The van der Waals surface area contributed by atoms with Crippen LogP contribution in [-0.2, 0) is 9.59 Å². The van der Waals surface area contributed by atoms with Crippen LogP contribution in [0.2, 0.25) is 0 Å². The highest BCUT2D eigenvalue weighted by atomic mass is 16.4. The van der Waals surface area contributed by atoms with Crippen LogP contribution in [0.3, 0.4) is 0 Å². The van der Waals surface area contributed by atoms with Gasteiger partial charge in [0, 0.05) is 18.4 Å². The molecule has 0 atom stereocenters. The van der Waals surface area contributed by atoms with E-state index in [1.165, 1.54) is 27.8 Å². The molecule has 5 heteroatoms. The summed E-state index contributed by atoms with van der Waals surface area (Å²) in [4.78, 5) is 31.5. The van der Waals surface area contributed by atoms with Crippen molar-refractivity contribution in [2.24, 2.45) is 0 Å². The Morgan fingerprint density at radius 1 is 0.629 bits per heavy atom. The minimum absolute atomic E-state index is 0.0417. The quantitative estimate of drug-likeness (QED) is 0.370. The molecule has 3 aromatic rings. The summed E-state index contributed by atoms with van der Waals surface area (Å²) < 4.78 is 0. The van der Waals surface area contributed by atoms with E-state index < -0.39 is 11.9 Å². The molecule has 0 radical (unpaired) electrons. The van der Waals surface area contributed by atoms with Crippen molar-refractivity contribution in [2.75, 3.05) is 0 Å². The molecule has 2 N–H and O–H groups in total. The van der Waals surface area contributed by atoms with Gasteiger partial charge < -0.3 is 10.2 Å². The summed E-state index contributed by atoms with van der Waals surface area (Å²) in [6.07, 6.45) is 0.138. The lowest BCUT2D eigenvalue weighted by molar-refractivity contribution is -0.137. The van der Waals surface area contributed by atoms with Crippen molar-refractivity contribution < 1.29 is 24.6 Å². The van der Waals surface area contributed by atoms with Crippen molar-refractivity contribution in [2.45, 2.75) is 60.8 Å². The average molecular weight is 477 g/mol. The number of carboxylic acids is 2. The lowest BCUT2D eigenvalue weighted by Gasteiger charge is -2.10. The van der Waals surface area contributed by atoms with Crippen LogP contribution in [0.15, 0.2) is 60.7 Å².